The van der Waals surface area contributed by atoms with Crippen molar-refractivity contribution in [2.24, 2.45) is 0 Å². The zero-order chi connectivity index (χ0) is 18.6. The maximum absolute atomic E-state index is 12.5. The molecule has 25 heavy (non-hydrogen) atoms. The molecule has 0 aliphatic carbocycles. The van der Waals surface area contributed by atoms with Crippen LogP contribution in [0.15, 0.2) is 12.3 Å². The zero-order valence-corrected chi connectivity index (χ0v) is 15.0. The van der Waals surface area contributed by atoms with Crippen LogP contribution in [0.4, 0.5) is 5.00 Å². The van der Waals surface area contributed by atoms with Crippen LogP contribution in [0, 0.1) is 13.8 Å². The fraction of sp³-hybridized carbons (Fsp3) is 0.375. The molecule has 2 rings (SSSR count). The third-order valence-corrected chi connectivity index (χ3v) is 4.70. The van der Waals surface area contributed by atoms with Gasteiger partial charge in [-0.1, -0.05) is 0 Å². The van der Waals surface area contributed by atoms with Gasteiger partial charge in [0.25, 0.3) is 5.91 Å². The predicted molar refractivity (Wildman–Crippen MR) is 92.2 cm³/mol. The number of rotatable bonds is 7. The Labute approximate surface area is 148 Å². The number of aromatic nitrogens is 2. The molecule has 0 fully saturated rings. The van der Waals surface area contributed by atoms with Crippen LogP contribution >= 0.6 is 11.3 Å². The van der Waals surface area contributed by atoms with Crippen LogP contribution in [0.1, 0.15) is 44.6 Å². The number of ether oxygens (including phenoxy) is 1. The van der Waals surface area contributed by atoms with Crippen molar-refractivity contribution in [1.82, 2.24) is 9.78 Å². The molecule has 0 bridgehead atoms. The van der Waals surface area contributed by atoms with Gasteiger partial charge in [-0.3, -0.25) is 14.3 Å². The van der Waals surface area contributed by atoms with Crippen molar-refractivity contribution in [1.29, 1.82) is 0 Å². The summed E-state index contributed by atoms with van der Waals surface area (Å²) in [6, 6.07) is 1.49. The van der Waals surface area contributed by atoms with Crippen LogP contribution < -0.4 is 5.32 Å². The molecule has 0 saturated carbocycles. The first-order valence-corrected chi connectivity index (χ1v) is 8.48. The summed E-state index contributed by atoms with van der Waals surface area (Å²) in [6.45, 7) is 5.69. The van der Waals surface area contributed by atoms with Crippen molar-refractivity contribution in [3.05, 3.63) is 34.0 Å². The maximum Gasteiger partial charge on any atom is 0.341 e. The van der Waals surface area contributed by atoms with Gasteiger partial charge in [0.2, 0.25) is 0 Å². The van der Waals surface area contributed by atoms with E-state index in [2.05, 4.69) is 10.4 Å². The molecule has 0 aliphatic rings. The van der Waals surface area contributed by atoms with Crippen molar-refractivity contribution in [3.8, 4) is 0 Å². The molecule has 0 saturated heterocycles. The largest absolute Gasteiger partial charge is 0.481 e. The summed E-state index contributed by atoms with van der Waals surface area (Å²) in [5, 5.41) is 15.9. The van der Waals surface area contributed by atoms with Gasteiger partial charge in [-0.05, 0) is 32.4 Å². The Bertz CT molecular complexity index is 809. The van der Waals surface area contributed by atoms with E-state index in [4.69, 9.17) is 9.84 Å². The monoisotopic (exact) mass is 365 g/mol. The van der Waals surface area contributed by atoms with Crippen molar-refractivity contribution in [3.63, 3.8) is 0 Å². The van der Waals surface area contributed by atoms with Crippen LogP contribution in [-0.2, 0) is 16.1 Å². The summed E-state index contributed by atoms with van der Waals surface area (Å²) in [6.07, 6.45) is 1.28. The Kier molecular flexibility index (Phi) is 5.92. The molecule has 1 amide bonds. The van der Waals surface area contributed by atoms with E-state index in [1.54, 1.807) is 13.8 Å². The molecule has 8 nitrogen and oxygen atoms in total. The fourth-order valence-electron chi connectivity index (χ4n) is 2.24. The van der Waals surface area contributed by atoms with E-state index in [1.807, 2.05) is 6.92 Å². The second-order valence-corrected chi connectivity index (χ2v) is 6.47. The Hall–Kier alpha value is -2.68. The van der Waals surface area contributed by atoms with Gasteiger partial charge in [-0.25, -0.2) is 4.79 Å². The lowest BCUT2D eigenvalue weighted by molar-refractivity contribution is -0.137. The summed E-state index contributed by atoms with van der Waals surface area (Å²) < 4.78 is 6.38. The van der Waals surface area contributed by atoms with Crippen molar-refractivity contribution in [2.45, 2.75) is 33.7 Å². The number of carbonyl (C=O) groups is 3. The van der Waals surface area contributed by atoms with Gasteiger partial charge in [-0.15, -0.1) is 11.3 Å². The number of carboxylic acids is 1. The number of carbonyl (C=O) groups excluding carboxylic acids is 2. The minimum atomic E-state index is -0.976. The zero-order valence-electron chi connectivity index (χ0n) is 14.2. The fourth-order valence-corrected chi connectivity index (χ4v) is 3.28. The Morgan fingerprint density at radius 1 is 1.36 bits per heavy atom. The van der Waals surface area contributed by atoms with Gasteiger partial charge in [0.15, 0.2) is 0 Å². The lowest BCUT2D eigenvalue weighted by Gasteiger charge is -2.08. The van der Waals surface area contributed by atoms with Crippen LogP contribution in [-0.4, -0.2) is 39.3 Å². The second kappa shape index (κ2) is 7.93. The average Bonchev–Trinajstić information content (AvgIpc) is 3.11. The van der Waals surface area contributed by atoms with E-state index in [-0.39, 0.29) is 25.3 Å². The first-order valence-electron chi connectivity index (χ1n) is 7.67. The number of anilines is 1. The first kappa shape index (κ1) is 18.7. The summed E-state index contributed by atoms with van der Waals surface area (Å²) in [5.41, 5.74) is 1.33. The topological polar surface area (TPSA) is 111 Å². The minimum absolute atomic E-state index is 0.0817. The second-order valence-electron chi connectivity index (χ2n) is 5.25. The third-order valence-electron chi connectivity index (χ3n) is 3.58. The molecule has 0 aromatic carbocycles. The molecule has 0 unspecified atom stereocenters. The van der Waals surface area contributed by atoms with Gasteiger partial charge in [0.1, 0.15) is 10.7 Å². The molecular formula is C16H19N3O5S. The number of aryl methyl sites for hydroxylation is 2. The van der Waals surface area contributed by atoms with E-state index >= 15 is 0 Å². The van der Waals surface area contributed by atoms with E-state index in [9.17, 15) is 14.4 Å². The number of carboxylic acid groups (broad SMARTS) is 1. The molecule has 2 N–H and O–H groups in total. The van der Waals surface area contributed by atoms with E-state index in [0.29, 0.717) is 10.6 Å². The number of hydrogen-bond donors (Lipinski definition) is 2. The number of amides is 1. The number of aliphatic carboxylic acids is 1. The molecule has 0 aliphatic heterocycles. The standard InChI is InChI=1S/C16H19N3O5S/c1-4-24-16(23)13-9(2)10(3)25-15(13)18-14(22)11-5-7-17-19(11)8-6-12(20)21/h5,7H,4,6,8H2,1-3H3,(H,18,22)(H,20,21). The Morgan fingerprint density at radius 3 is 2.72 bits per heavy atom. The smallest absolute Gasteiger partial charge is 0.341 e. The Balaban J connectivity index is 2.24. The van der Waals surface area contributed by atoms with E-state index in [1.165, 1.54) is 28.3 Å². The highest BCUT2D eigenvalue weighted by Crippen LogP contribution is 2.33. The number of esters is 1. The molecule has 2 aromatic heterocycles. The van der Waals surface area contributed by atoms with Gasteiger partial charge < -0.3 is 15.2 Å². The highest BCUT2D eigenvalue weighted by atomic mass is 32.1. The maximum atomic E-state index is 12.5. The van der Waals surface area contributed by atoms with Crippen molar-refractivity contribution in [2.75, 3.05) is 11.9 Å². The summed E-state index contributed by atoms with van der Waals surface area (Å²) in [4.78, 5) is 36.3. The predicted octanol–water partition coefficient (Wildman–Crippen LogP) is 2.47. The molecule has 2 heterocycles. The highest BCUT2D eigenvalue weighted by Gasteiger charge is 2.23. The molecule has 134 valence electrons. The van der Waals surface area contributed by atoms with E-state index < -0.39 is 17.8 Å². The molecule has 0 atom stereocenters. The number of thiophene rings is 1. The number of nitrogens with one attached hydrogen (secondary N) is 1. The van der Waals surface area contributed by atoms with Gasteiger partial charge >= 0.3 is 11.9 Å². The minimum Gasteiger partial charge on any atom is -0.481 e. The summed E-state index contributed by atoms with van der Waals surface area (Å²) in [5.74, 6) is -1.93. The van der Waals surface area contributed by atoms with Crippen LogP contribution in [0.3, 0.4) is 0 Å². The molecule has 0 spiro atoms. The Morgan fingerprint density at radius 2 is 2.08 bits per heavy atom. The van der Waals surface area contributed by atoms with Crippen molar-refractivity contribution >= 4 is 34.2 Å². The number of hydrogen-bond acceptors (Lipinski definition) is 6. The normalized spacial score (nSPS) is 10.5. The lowest BCUT2D eigenvalue weighted by atomic mass is 10.1. The van der Waals surface area contributed by atoms with Crippen LogP contribution in [0.2, 0.25) is 0 Å². The van der Waals surface area contributed by atoms with Gasteiger partial charge in [0.05, 0.1) is 25.1 Å². The first-order chi connectivity index (χ1) is 11.8. The molecule has 2 aromatic rings. The molecule has 9 heteroatoms. The highest BCUT2D eigenvalue weighted by molar-refractivity contribution is 7.16. The van der Waals surface area contributed by atoms with Gasteiger partial charge in [0, 0.05) is 11.1 Å². The van der Waals surface area contributed by atoms with Crippen molar-refractivity contribution < 1.29 is 24.2 Å². The van der Waals surface area contributed by atoms with Crippen LogP contribution in [0.5, 0.6) is 0 Å². The van der Waals surface area contributed by atoms with Gasteiger partial charge in [-0.2, -0.15) is 5.10 Å². The molecular weight excluding hydrogens is 346 g/mol. The number of nitrogens with zero attached hydrogens (tertiary/aromatic N) is 2. The van der Waals surface area contributed by atoms with Crippen LogP contribution in [0.25, 0.3) is 0 Å². The third kappa shape index (κ3) is 4.24. The quantitative estimate of drug-likeness (QED) is 0.729. The summed E-state index contributed by atoms with van der Waals surface area (Å²) in [7, 11) is 0. The lowest BCUT2D eigenvalue weighted by Crippen LogP contribution is -2.20. The SMILES string of the molecule is CCOC(=O)c1c(NC(=O)c2ccnn2CCC(=O)O)sc(C)c1C. The molecule has 0 radical (unpaired) electrons. The summed E-state index contributed by atoms with van der Waals surface area (Å²) >= 11 is 1.29. The van der Waals surface area contributed by atoms with E-state index in [0.717, 1.165) is 10.4 Å². The average molecular weight is 365 g/mol.